The van der Waals surface area contributed by atoms with E-state index in [0.29, 0.717) is 24.0 Å². The largest absolute Gasteiger partial charge is 0.459 e. The Hall–Kier alpha value is -3.09. The molecule has 0 unspecified atom stereocenters. The predicted octanol–water partition coefficient (Wildman–Crippen LogP) is 3.05. The SMILES string of the molecule is CCCn1c(=O)[nH]c2cc(-c3noc(-c4ccco4)n3)ccc21. The first-order valence-electron chi connectivity index (χ1n) is 7.37. The van der Waals surface area contributed by atoms with Gasteiger partial charge in [-0.1, -0.05) is 12.1 Å². The van der Waals surface area contributed by atoms with E-state index in [1.165, 1.54) is 0 Å². The van der Waals surface area contributed by atoms with Gasteiger partial charge in [-0.25, -0.2) is 4.79 Å². The molecule has 0 aliphatic rings. The van der Waals surface area contributed by atoms with Crippen molar-refractivity contribution in [2.45, 2.75) is 19.9 Å². The highest BCUT2D eigenvalue weighted by molar-refractivity contribution is 5.80. The van der Waals surface area contributed by atoms with Gasteiger partial charge in [0.2, 0.25) is 5.82 Å². The summed E-state index contributed by atoms with van der Waals surface area (Å²) in [7, 11) is 0. The molecule has 4 aromatic rings. The molecule has 0 atom stereocenters. The average molecular weight is 310 g/mol. The highest BCUT2D eigenvalue weighted by atomic mass is 16.5. The smallest absolute Gasteiger partial charge is 0.326 e. The lowest BCUT2D eigenvalue weighted by molar-refractivity contribution is 0.417. The fourth-order valence-corrected chi connectivity index (χ4v) is 2.59. The van der Waals surface area contributed by atoms with Crippen LogP contribution in [0.1, 0.15) is 13.3 Å². The molecular weight excluding hydrogens is 296 g/mol. The van der Waals surface area contributed by atoms with Gasteiger partial charge in [-0.15, -0.1) is 0 Å². The van der Waals surface area contributed by atoms with E-state index in [2.05, 4.69) is 15.1 Å². The van der Waals surface area contributed by atoms with Gasteiger partial charge in [0.25, 0.3) is 5.89 Å². The minimum Gasteiger partial charge on any atom is -0.459 e. The van der Waals surface area contributed by atoms with Crippen molar-refractivity contribution in [3.05, 3.63) is 47.1 Å². The Kier molecular flexibility index (Phi) is 3.11. The Bertz CT molecular complexity index is 1010. The Balaban J connectivity index is 1.76. The van der Waals surface area contributed by atoms with E-state index in [9.17, 15) is 4.79 Å². The number of aryl methyl sites for hydroxylation is 1. The molecule has 0 bridgehead atoms. The van der Waals surface area contributed by atoms with Crippen LogP contribution in [-0.4, -0.2) is 19.7 Å². The zero-order chi connectivity index (χ0) is 15.8. The van der Waals surface area contributed by atoms with Crippen molar-refractivity contribution in [1.82, 2.24) is 19.7 Å². The van der Waals surface area contributed by atoms with Gasteiger partial charge in [0.05, 0.1) is 17.3 Å². The summed E-state index contributed by atoms with van der Waals surface area (Å²) in [6.45, 7) is 2.72. The molecule has 0 aliphatic heterocycles. The minimum atomic E-state index is -0.108. The second-order valence-corrected chi connectivity index (χ2v) is 5.21. The summed E-state index contributed by atoms with van der Waals surface area (Å²) in [5.41, 5.74) is 2.29. The molecule has 3 aromatic heterocycles. The predicted molar refractivity (Wildman–Crippen MR) is 83.8 cm³/mol. The Morgan fingerprint density at radius 1 is 1.30 bits per heavy atom. The van der Waals surface area contributed by atoms with Crippen molar-refractivity contribution in [2.24, 2.45) is 0 Å². The van der Waals surface area contributed by atoms with Crippen molar-refractivity contribution >= 4 is 11.0 Å². The normalized spacial score (nSPS) is 11.3. The summed E-state index contributed by atoms with van der Waals surface area (Å²) in [5, 5.41) is 3.97. The number of hydrogen-bond acceptors (Lipinski definition) is 5. The lowest BCUT2D eigenvalue weighted by Crippen LogP contribution is -2.16. The van der Waals surface area contributed by atoms with Crippen molar-refractivity contribution in [2.75, 3.05) is 0 Å². The zero-order valence-electron chi connectivity index (χ0n) is 12.4. The number of furan rings is 1. The van der Waals surface area contributed by atoms with Crippen LogP contribution >= 0.6 is 0 Å². The number of H-pyrrole nitrogens is 1. The first-order valence-corrected chi connectivity index (χ1v) is 7.37. The maximum atomic E-state index is 12.0. The van der Waals surface area contributed by atoms with Gasteiger partial charge in [0.1, 0.15) is 0 Å². The molecular formula is C16H14N4O3. The van der Waals surface area contributed by atoms with Gasteiger partial charge in [-0.2, -0.15) is 4.98 Å². The maximum absolute atomic E-state index is 12.0. The van der Waals surface area contributed by atoms with Gasteiger partial charge in [0, 0.05) is 12.1 Å². The van der Waals surface area contributed by atoms with E-state index in [-0.39, 0.29) is 5.69 Å². The van der Waals surface area contributed by atoms with Crippen molar-refractivity contribution in [3.8, 4) is 23.0 Å². The molecule has 23 heavy (non-hydrogen) atoms. The number of aromatic amines is 1. The quantitative estimate of drug-likeness (QED) is 0.625. The van der Waals surface area contributed by atoms with Gasteiger partial charge in [0.15, 0.2) is 5.76 Å². The summed E-state index contributed by atoms with van der Waals surface area (Å²) >= 11 is 0. The third-order valence-corrected chi connectivity index (χ3v) is 3.64. The summed E-state index contributed by atoms with van der Waals surface area (Å²) in [4.78, 5) is 19.2. The van der Waals surface area contributed by atoms with E-state index < -0.39 is 0 Å². The standard InChI is InChI=1S/C16H14N4O3/c1-2-7-20-12-6-5-10(9-11(12)17-16(20)21)14-18-15(23-19-14)13-4-3-8-22-13/h3-6,8-9H,2,7H2,1H3,(H,17,21). The highest BCUT2D eigenvalue weighted by Gasteiger charge is 2.14. The van der Waals surface area contributed by atoms with Crippen LogP contribution in [0.4, 0.5) is 0 Å². The lowest BCUT2D eigenvalue weighted by Gasteiger charge is -2.00. The van der Waals surface area contributed by atoms with Crippen LogP contribution in [0.25, 0.3) is 34.1 Å². The fourth-order valence-electron chi connectivity index (χ4n) is 2.59. The van der Waals surface area contributed by atoms with Gasteiger partial charge in [-0.05, 0) is 36.8 Å². The van der Waals surface area contributed by atoms with Crippen LogP contribution in [0.3, 0.4) is 0 Å². The maximum Gasteiger partial charge on any atom is 0.326 e. The first-order chi connectivity index (χ1) is 11.3. The van der Waals surface area contributed by atoms with Crippen LogP contribution in [0.2, 0.25) is 0 Å². The topological polar surface area (TPSA) is 89.9 Å². The molecule has 0 fully saturated rings. The summed E-state index contributed by atoms with van der Waals surface area (Å²) < 4.78 is 12.2. The van der Waals surface area contributed by atoms with Gasteiger partial charge >= 0.3 is 5.69 Å². The highest BCUT2D eigenvalue weighted by Crippen LogP contribution is 2.24. The first kappa shape index (κ1) is 13.6. The molecule has 0 spiro atoms. The number of fused-ring (bicyclic) bond motifs is 1. The molecule has 0 saturated carbocycles. The van der Waals surface area contributed by atoms with Crippen LogP contribution in [0.15, 0.2) is 50.3 Å². The van der Waals surface area contributed by atoms with E-state index in [1.54, 1.807) is 23.0 Å². The summed E-state index contributed by atoms with van der Waals surface area (Å²) in [5.74, 6) is 1.29. The molecule has 7 heteroatoms. The summed E-state index contributed by atoms with van der Waals surface area (Å²) in [6, 6.07) is 9.12. The molecule has 0 aliphatic carbocycles. The van der Waals surface area contributed by atoms with Gasteiger partial charge < -0.3 is 13.9 Å². The second kappa shape index (κ2) is 5.28. The molecule has 1 N–H and O–H groups in total. The lowest BCUT2D eigenvalue weighted by atomic mass is 10.2. The third kappa shape index (κ3) is 2.26. The molecule has 1 aromatic carbocycles. The van der Waals surface area contributed by atoms with Crippen LogP contribution in [-0.2, 0) is 6.54 Å². The number of benzene rings is 1. The molecule has 0 amide bonds. The molecule has 0 radical (unpaired) electrons. The van der Waals surface area contributed by atoms with Gasteiger partial charge in [-0.3, -0.25) is 4.57 Å². The van der Waals surface area contributed by atoms with Crippen LogP contribution in [0.5, 0.6) is 0 Å². The van der Waals surface area contributed by atoms with E-state index in [4.69, 9.17) is 8.94 Å². The Labute approximate surface area is 130 Å². The van der Waals surface area contributed by atoms with Crippen molar-refractivity contribution < 1.29 is 8.94 Å². The average Bonchev–Trinajstić information content (AvgIpc) is 3.26. The van der Waals surface area contributed by atoms with E-state index in [1.807, 2.05) is 25.1 Å². The molecule has 7 nitrogen and oxygen atoms in total. The fraction of sp³-hybridized carbons (Fsp3) is 0.188. The molecule has 4 rings (SSSR count). The Morgan fingerprint density at radius 2 is 2.22 bits per heavy atom. The zero-order valence-corrected chi connectivity index (χ0v) is 12.4. The molecule has 0 saturated heterocycles. The van der Waals surface area contributed by atoms with E-state index >= 15 is 0 Å². The summed E-state index contributed by atoms with van der Waals surface area (Å²) in [6.07, 6.45) is 2.44. The van der Waals surface area contributed by atoms with E-state index in [0.717, 1.165) is 23.0 Å². The Morgan fingerprint density at radius 3 is 3.00 bits per heavy atom. The number of rotatable bonds is 4. The van der Waals surface area contributed by atoms with Crippen molar-refractivity contribution in [1.29, 1.82) is 0 Å². The number of hydrogen-bond donors (Lipinski definition) is 1. The van der Waals surface area contributed by atoms with Crippen LogP contribution < -0.4 is 5.69 Å². The number of nitrogens with zero attached hydrogens (tertiary/aromatic N) is 3. The van der Waals surface area contributed by atoms with Crippen molar-refractivity contribution in [3.63, 3.8) is 0 Å². The third-order valence-electron chi connectivity index (χ3n) is 3.64. The number of nitrogens with one attached hydrogen (secondary N) is 1. The monoisotopic (exact) mass is 310 g/mol. The van der Waals surface area contributed by atoms with Crippen LogP contribution in [0, 0.1) is 0 Å². The molecule has 116 valence electrons. The molecule has 3 heterocycles. The number of aromatic nitrogens is 4. The minimum absolute atomic E-state index is 0.108. The second-order valence-electron chi connectivity index (χ2n) is 5.21. The number of imidazole rings is 1.